The maximum absolute atomic E-state index is 12.5. The van der Waals surface area contributed by atoms with Crippen LogP contribution < -0.4 is 10.6 Å². The largest absolute Gasteiger partial charge is 0.341 e. The highest BCUT2D eigenvalue weighted by molar-refractivity contribution is 5.94. The second kappa shape index (κ2) is 6.39. The molecule has 0 aromatic heterocycles. The Kier molecular flexibility index (Phi) is 4.78. The minimum Gasteiger partial charge on any atom is -0.341 e. The van der Waals surface area contributed by atoms with Crippen molar-refractivity contribution in [3.8, 4) is 0 Å². The normalized spacial score (nSPS) is 21.9. The number of nitrogens with one attached hydrogen (secondary N) is 2. The molecule has 0 fully saturated rings. The Morgan fingerprint density at radius 2 is 1.90 bits per heavy atom. The molecular formula is C17H24N2O2. The smallest absolute Gasteiger partial charge is 0.238 e. The highest BCUT2D eigenvalue weighted by atomic mass is 16.2. The number of Topliss-reactive ketones (excluding diaryl/α,β-unsaturated/α-hetero) is 1. The highest BCUT2D eigenvalue weighted by Gasteiger charge is 2.33. The third-order valence-corrected chi connectivity index (χ3v) is 3.78. The lowest BCUT2D eigenvalue weighted by Crippen LogP contribution is -2.48. The predicted molar refractivity (Wildman–Crippen MR) is 82.9 cm³/mol. The van der Waals surface area contributed by atoms with E-state index in [4.69, 9.17) is 0 Å². The van der Waals surface area contributed by atoms with E-state index < -0.39 is 6.04 Å². The Balaban J connectivity index is 2.38. The van der Waals surface area contributed by atoms with Crippen LogP contribution in [0.3, 0.4) is 0 Å². The van der Waals surface area contributed by atoms with Crippen LogP contribution in [-0.2, 0) is 16.0 Å². The lowest BCUT2D eigenvalue weighted by Gasteiger charge is -2.21. The molecular weight excluding hydrogens is 264 g/mol. The molecule has 0 radical (unpaired) electrons. The van der Waals surface area contributed by atoms with Gasteiger partial charge in [-0.15, -0.1) is 0 Å². The minimum atomic E-state index is -0.535. The average Bonchev–Trinajstić information content (AvgIpc) is 2.55. The summed E-state index contributed by atoms with van der Waals surface area (Å²) in [6.45, 7) is 7.76. The molecule has 21 heavy (non-hydrogen) atoms. The number of rotatable bonds is 4. The molecule has 0 spiro atoms. The first kappa shape index (κ1) is 15.7. The molecule has 114 valence electrons. The van der Waals surface area contributed by atoms with Gasteiger partial charge >= 0.3 is 0 Å². The molecule has 0 aliphatic carbocycles. The van der Waals surface area contributed by atoms with Crippen LogP contribution >= 0.6 is 0 Å². The molecule has 2 N–H and O–H groups in total. The van der Waals surface area contributed by atoms with E-state index in [1.165, 1.54) is 0 Å². The van der Waals surface area contributed by atoms with Gasteiger partial charge in [-0.2, -0.15) is 0 Å². The van der Waals surface area contributed by atoms with Crippen molar-refractivity contribution in [3.05, 3.63) is 35.4 Å². The Hall–Kier alpha value is -1.68. The fraction of sp³-hybridized carbons (Fsp3) is 0.529. The van der Waals surface area contributed by atoms with E-state index in [0.29, 0.717) is 6.42 Å². The lowest BCUT2D eigenvalue weighted by atomic mass is 9.91. The SMILES string of the molecule is CC(C)NC1Cc2ccccc2C(C(=O)C(C)C)NC1=O. The van der Waals surface area contributed by atoms with E-state index in [0.717, 1.165) is 11.1 Å². The first-order valence-electron chi connectivity index (χ1n) is 7.58. The Morgan fingerprint density at radius 1 is 1.24 bits per heavy atom. The Morgan fingerprint density at radius 3 is 2.52 bits per heavy atom. The fourth-order valence-electron chi connectivity index (χ4n) is 2.73. The Bertz CT molecular complexity index is 537. The zero-order valence-corrected chi connectivity index (χ0v) is 13.1. The van der Waals surface area contributed by atoms with Crippen LogP contribution in [0.2, 0.25) is 0 Å². The van der Waals surface area contributed by atoms with Crippen molar-refractivity contribution in [2.75, 3.05) is 0 Å². The van der Waals surface area contributed by atoms with Crippen LogP contribution in [-0.4, -0.2) is 23.8 Å². The Labute approximate surface area is 126 Å². The third kappa shape index (κ3) is 3.50. The molecule has 4 nitrogen and oxygen atoms in total. The van der Waals surface area contributed by atoms with E-state index in [-0.39, 0.29) is 29.7 Å². The van der Waals surface area contributed by atoms with Crippen molar-refractivity contribution in [1.29, 1.82) is 0 Å². The maximum atomic E-state index is 12.5. The summed E-state index contributed by atoms with van der Waals surface area (Å²) in [5, 5.41) is 6.20. The van der Waals surface area contributed by atoms with Crippen LogP contribution in [0.5, 0.6) is 0 Å². The predicted octanol–water partition coefficient (Wildman–Crippen LogP) is 1.99. The fourth-order valence-corrected chi connectivity index (χ4v) is 2.73. The number of hydrogen-bond donors (Lipinski definition) is 2. The van der Waals surface area contributed by atoms with Gasteiger partial charge in [0.25, 0.3) is 0 Å². The van der Waals surface area contributed by atoms with E-state index in [2.05, 4.69) is 10.6 Å². The monoisotopic (exact) mass is 288 g/mol. The van der Waals surface area contributed by atoms with Gasteiger partial charge in [0.05, 0.1) is 6.04 Å². The molecule has 2 unspecified atom stereocenters. The molecule has 2 rings (SSSR count). The van der Waals surface area contributed by atoms with Crippen molar-refractivity contribution in [3.63, 3.8) is 0 Å². The van der Waals surface area contributed by atoms with E-state index in [9.17, 15) is 9.59 Å². The molecule has 0 saturated carbocycles. The van der Waals surface area contributed by atoms with Gasteiger partial charge in [-0.05, 0) is 17.5 Å². The van der Waals surface area contributed by atoms with E-state index in [1.54, 1.807) is 0 Å². The molecule has 0 saturated heterocycles. The molecule has 1 aliphatic heterocycles. The second-order valence-electron chi connectivity index (χ2n) is 6.28. The number of fused-ring (bicyclic) bond motifs is 1. The minimum absolute atomic E-state index is 0.0565. The van der Waals surface area contributed by atoms with Crippen LogP contribution in [0.1, 0.15) is 44.9 Å². The van der Waals surface area contributed by atoms with Gasteiger partial charge in [-0.1, -0.05) is 52.0 Å². The summed E-state index contributed by atoms with van der Waals surface area (Å²) in [4.78, 5) is 24.9. The van der Waals surface area contributed by atoms with Crippen LogP contribution in [0.25, 0.3) is 0 Å². The molecule has 4 heteroatoms. The third-order valence-electron chi connectivity index (χ3n) is 3.78. The average molecular weight is 288 g/mol. The topological polar surface area (TPSA) is 58.2 Å². The number of carbonyl (C=O) groups excluding carboxylic acids is 2. The first-order valence-corrected chi connectivity index (χ1v) is 7.58. The molecule has 0 bridgehead atoms. The van der Waals surface area contributed by atoms with Crippen molar-refractivity contribution in [1.82, 2.24) is 10.6 Å². The zero-order valence-electron chi connectivity index (χ0n) is 13.1. The molecule has 1 heterocycles. The number of hydrogen-bond acceptors (Lipinski definition) is 3. The second-order valence-corrected chi connectivity index (χ2v) is 6.28. The summed E-state index contributed by atoms with van der Waals surface area (Å²) in [5.74, 6) is -0.155. The molecule has 1 aromatic carbocycles. The summed E-state index contributed by atoms with van der Waals surface area (Å²) >= 11 is 0. The quantitative estimate of drug-likeness (QED) is 0.891. The summed E-state index contributed by atoms with van der Waals surface area (Å²) in [6, 6.07) is 7.21. The van der Waals surface area contributed by atoms with Gasteiger partial charge in [0, 0.05) is 12.0 Å². The van der Waals surface area contributed by atoms with Gasteiger partial charge in [-0.3, -0.25) is 9.59 Å². The summed E-state index contributed by atoms with van der Waals surface area (Å²) in [6.07, 6.45) is 0.613. The van der Waals surface area contributed by atoms with Crippen molar-refractivity contribution < 1.29 is 9.59 Å². The van der Waals surface area contributed by atoms with Crippen molar-refractivity contribution in [2.45, 2.75) is 52.2 Å². The van der Waals surface area contributed by atoms with E-state index >= 15 is 0 Å². The van der Waals surface area contributed by atoms with E-state index in [1.807, 2.05) is 52.0 Å². The number of ketones is 1. The maximum Gasteiger partial charge on any atom is 0.238 e. The van der Waals surface area contributed by atoms with Crippen molar-refractivity contribution in [2.24, 2.45) is 5.92 Å². The van der Waals surface area contributed by atoms with Crippen LogP contribution in [0, 0.1) is 5.92 Å². The zero-order chi connectivity index (χ0) is 15.6. The molecule has 1 amide bonds. The number of benzene rings is 1. The van der Waals surface area contributed by atoms with Gasteiger partial charge < -0.3 is 10.6 Å². The number of amides is 1. The number of carbonyl (C=O) groups is 2. The van der Waals surface area contributed by atoms with Gasteiger partial charge in [-0.25, -0.2) is 0 Å². The van der Waals surface area contributed by atoms with Gasteiger partial charge in [0.2, 0.25) is 5.91 Å². The molecule has 2 atom stereocenters. The molecule has 1 aliphatic rings. The van der Waals surface area contributed by atoms with Gasteiger partial charge in [0.15, 0.2) is 5.78 Å². The summed E-state index contributed by atoms with van der Waals surface area (Å²) in [5.41, 5.74) is 1.99. The standard InChI is InChI=1S/C17H24N2O2/c1-10(2)16(20)15-13-8-6-5-7-12(13)9-14(17(21)19-15)18-11(3)4/h5-8,10-11,14-15,18H,9H2,1-4H3,(H,19,21). The highest BCUT2D eigenvalue weighted by Crippen LogP contribution is 2.26. The summed E-state index contributed by atoms with van der Waals surface area (Å²) in [7, 11) is 0. The summed E-state index contributed by atoms with van der Waals surface area (Å²) < 4.78 is 0. The first-order chi connectivity index (χ1) is 9.90. The van der Waals surface area contributed by atoms with Crippen LogP contribution in [0.4, 0.5) is 0 Å². The lowest BCUT2D eigenvalue weighted by molar-refractivity contribution is -0.130. The molecule has 1 aromatic rings. The van der Waals surface area contributed by atoms with Crippen molar-refractivity contribution >= 4 is 11.7 Å². The van der Waals surface area contributed by atoms with Crippen LogP contribution in [0.15, 0.2) is 24.3 Å². The van der Waals surface area contributed by atoms with Gasteiger partial charge in [0.1, 0.15) is 6.04 Å².